The molecule has 33 heavy (non-hydrogen) atoms. The van der Waals surface area contributed by atoms with Gasteiger partial charge in [0, 0.05) is 28.6 Å². The molecule has 0 aliphatic rings. The van der Waals surface area contributed by atoms with Crippen molar-refractivity contribution >= 4 is 38.9 Å². The molecule has 4 aromatic rings. The van der Waals surface area contributed by atoms with Gasteiger partial charge in [-0.3, -0.25) is 19.0 Å². The number of halogens is 1. The molecule has 1 N–H and O–H groups in total. The van der Waals surface area contributed by atoms with Crippen LogP contribution in [-0.4, -0.2) is 21.2 Å². The molecule has 0 bridgehead atoms. The van der Waals surface area contributed by atoms with Crippen molar-refractivity contribution < 1.29 is 14.0 Å². The van der Waals surface area contributed by atoms with Crippen LogP contribution in [0.25, 0.3) is 21.3 Å². The lowest BCUT2D eigenvalue weighted by molar-refractivity contribution is -0.116. The summed E-state index contributed by atoms with van der Waals surface area (Å²) >= 11 is 1.32. The zero-order valence-electron chi connectivity index (χ0n) is 18.2. The Morgan fingerprint density at radius 1 is 1.09 bits per heavy atom. The second-order valence-electron chi connectivity index (χ2n) is 8.16. The molecule has 0 spiro atoms. The van der Waals surface area contributed by atoms with Crippen LogP contribution in [0.15, 0.2) is 65.0 Å². The number of nitrogens with one attached hydrogen (secondary N) is 1. The number of hydrogen-bond donors (Lipinski definition) is 1. The minimum Gasteiger partial charge on any atom is -0.326 e. The summed E-state index contributed by atoms with van der Waals surface area (Å²) in [6.07, 6.45) is 1.79. The Kier molecular flexibility index (Phi) is 6.46. The summed E-state index contributed by atoms with van der Waals surface area (Å²) in [7, 11) is 0. The number of carbonyl (C=O) groups excluding carboxylic acids is 2. The first-order chi connectivity index (χ1) is 15.8. The molecular formula is C25H22FN3O3S. The first-order valence-corrected chi connectivity index (χ1v) is 11.4. The molecule has 0 saturated heterocycles. The Labute approximate surface area is 193 Å². The van der Waals surface area contributed by atoms with E-state index in [0.29, 0.717) is 39.0 Å². The normalized spacial score (nSPS) is 11.2. The van der Waals surface area contributed by atoms with Crippen molar-refractivity contribution in [1.29, 1.82) is 0 Å². The summed E-state index contributed by atoms with van der Waals surface area (Å²) in [5.41, 5.74) is 2.08. The smallest absolute Gasteiger partial charge is 0.263 e. The number of amides is 1. The fourth-order valence-corrected chi connectivity index (χ4v) is 4.40. The number of hydrogen-bond acceptors (Lipinski definition) is 5. The number of Topliss-reactive ketones (excluding diaryl/α,β-unsaturated/α-hetero) is 1. The Bertz CT molecular complexity index is 1370. The lowest BCUT2D eigenvalue weighted by Crippen LogP contribution is -2.24. The van der Waals surface area contributed by atoms with E-state index >= 15 is 0 Å². The minimum atomic E-state index is -0.357. The van der Waals surface area contributed by atoms with Crippen molar-refractivity contribution in [1.82, 2.24) is 9.55 Å². The summed E-state index contributed by atoms with van der Waals surface area (Å²) in [5.74, 6) is -0.438. The summed E-state index contributed by atoms with van der Waals surface area (Å²) in [6.45, 7) is 3.77. The first kappa shape index (κ1) is 22.5. The maximum absolute atomic E-state index is 13.3. The van der Waals surface area contributed by atoms with Crippen LogP contribution in [0.1, 0.15) is 30.6 Å². The van der Waals surface area contributed by atoms with Crippen LogP contribution in [0.3, 0.4) is 0 Å². The third-order valence-electron chi connectivity index (χ3n) is 5.11. The summed E-state index contributed by atoms with van der Waals surface area (Å²) < 4.78 is 14.6. The first-order valence-electron chi connectivity index (χ1n) is 10.5. The molecule has 0 saturated carbocycles. The second kappa shape index (κ2) is 9.46. The maximum Gasteiger partial charge on any atom is 0.263 e. The standard InChI is InChI=1S/C25H22FN3O3S/c1-15(2)11-22(31)28-19-9-5-17(6-10-19)21(30)12-29-14-27-24-23(25(29)32)20(13-33-24)16-3-7-18(26)8-4-16/h3-10,13-15H,11-12H2,1-2H3,(H,28,31). The third-order valence-corrected chi connectivity index (χ3v) is 6.00. The third kappa shape index (κ3) is 5.06. The molecule has 0 fully saturated rings. The van der Waals surface area contributed by atoms with Gasteiger partial charge in [-0.1, -0.05) is 26.0 Å². The summed E-state index contributed by atoms with van der Waals surface area (Å²) in [4.78, 5) is 42.7. The number of fused-ring (bicyclic) bond motifs is 1. The molecule has 6 nitrogen and oxygen atoms in total. The van der Waals surface area contributed by atoms with Gasteiger partial charge in [-0.15, -0.1) is 11.3 Å². The van der Waals surface area contributed by atoms with Gasteiger partial charge >= 0.3 is 0 Å². The number of nitrogens with zero attached hydrogens (tertiary/aromatic N) is 2. The molecule has 0 unspecified atom stereocenters. The van der Waals surface area contributed by atoms with Gasteiger partial charge in [-0.2, -0.15) is 0 Å². The van der Waals surface area contributed by atoms with Crippen molar-refractivity contribution in [2.24, 2.45) is 5.92 Å². The predicted molar refractivity (Wildman–Crippen MR) is 128 cm³/mol. The highest BCUT2D eigenvalue weighted by molar-refractivity contribution is 7.17. The molecule has 2 heterocycles. The average molecular weight is 464 g/mol. The van der Waals surface area contributed by atoms with Gasteiger partial charge in [0.1, 0.15) is 10.6 Å². The van der Waals surface area contributed by atoms with Gasteiger partial charge in [0.15, 0.2) is 5.78 Å². The molecule has 0 atom stereocenters. The van der Waals surface area contributed by atoms with E-state index in [9.17, 15) is 18.8 Å². The predicted octanol–water partition coefficient (Wildman–Crippen LogP) is 5.13. The fourth-order valence-electron chi connectivity index (χ4n) is 3.49. The number of ketones is 1. The van der Waals surface area contributed by atoms with Gasteiger partial charge in [0.05, 0.1) is 18.3 Å². The van der Waals surface area contributed by atoms with Crippen LogP contribution in [0.2, 0.25) is 0 Å². The van der Waals surface area contributed by atoms with Crippen LogP contribution in [0.5, 0.6) is 0 Å². The zero-order valence-corrected chi connectivity index (χ0v) is 19.0. The molecule has 0 aliphatic carbocycles. The number of rotatable bonds is 7. The minimum absolute atomic E-state index is 0.0808. The van der Waals surface area contributed by atoms with Gasteiger partial charge in [0.25, 0.3) is 5.56 Å². The molecule has 0 aliphatic heterocycles. The maximum atomic E-state index is 13.3. The van der Waals surface area contributed by atoms with E-state index in [-0.39, 0.29) is 35.5 Å². The topological polar surface area (TPSA) is 81.1 Å². The van der Waals surface area contributed by atoms with Gasteiger partial charge in [-0.05, 0) is 47.9 Å². The van der Waals surface area contributed by atoms with E-state index in [0.717, 1.165) is 0 Å². The zero-order chi connectivity index (χ0) is 23.5. The van der Waals surface area contributed by atoms with E-state index in [1.165, 1.54) is 34.4 Å². The largest absolute Gasteiger partial charge is 0.326 e. The van der Waals surface area contributed by atoms with Crippen LogP contribution < -0.4 is 10.9 Å². The molecule has 8 heteroatoms. The van der Waals surface area contributed by atoms with Crippen molar-refractivity contribution in [3.05, 3.63) is 82.0 Å². The molecular weight excluding hydrogens is 441 g/mol. The number of thiophene rings is 1. The van der Waals surface area contributed by atoms with E-state index in [4.69, 9.17) is 0 Å². The van der Waals surface area contributed by atoms with Crippen molar-refractivity contribution in [3.8, 4) is 11.1 Å². The number of anilines is 1. The lowest BCUT2D eigenvalue weighted by atomic mass is 10.1. The molecule has 168 valence electrons. The fraction of sp³-hybridized carbons (Fsp3) is 0.200. The average Bonchev–Trinajstić information content (AvgIpc) is 3.21. The highest BCUT2D eigenvalue weighted by Crippen LogP contribution is 2.30. The Morgan fingerprint density at radius 2 is 1.79 bits per heavy atom. The van der Waals surface area contributed by atoms with E-state index in [1.54, 1.807) is 36.4 Å². The Balaban J connectivity index is 1.55. The molecule has 0 radical (unpaired) electrons. The SMILES string of the molecule is CC(C)CC(=O)Nc1ccc(C(=O)Cn2cnc3scc(-c4ccc(F)cc4)c3c2=O)cc1. The highest BCUT2D eigenvalue weighted by Gasteiger charge is 2.16. The second-order valence-corrected chi connectivity index (χ2v) is 9.02. The highest BCUT2D eigenvalue weighted by atomic mass is 32.1. The van der Waals surface area contributed by atoms with Crippen LogP contribution in [-0.2, 0) is 11.3 Å². The number of benzene rings is 2. The van der Waals surface area contributed by atoms with E-state index in [2.05, 4.69) is 10.3 Å². The molecule has 2 aromatic heterocycles. The van der Waals surface area contributed by atoms with Crippen molar-refractivity contribution in [2.75, 3.05) is 5.32 Å². The summed E-state index contributed by atoms with van der Waals surface area (Å²) in [6, 6.07) is 12.5. The molecule has 2 aromatic carbocycles. The monoisotopic (exact) mass is 463 g/mol. The number of carbonyl (C=O) groups is 2. The van der Waals surface area contributed by atoms with Gasteiger partial charge in [0.2, 0.25) is 5.91 Å². The van der Waals surface area contributed by atoms with Crippen molar-refractivity contribution in [2.45, 2.75) is 26.8 Å². The molecule has 4 rings (SSSR count). The van der Waals surface area contributed by atoms with Gasteiger partial charge < -0.3 is 5.32 Å². The van der Waals surface area contributed by atoms with E-state index in [1.807, 2.05) is 19.2 Å². The number of aromatic nitrogens is 2. The van der Waals surface area contributed by atoms with Crippen LogP contribution in [0, 0.1) is 11.7 Å². The van der Waals surface area contributed by atoms with E-state index < -0.39 is 0 Å². The van der Waals surface area contributed by atoms with Gasteiger partial charge in [-0.25, -0.2) is 9.37 Å². The Hall–Kier alpha value is -3.65. The van der Waals surface area contributed by atoms with Crippen LogP contribution in [0.4, 0.5) is 10.1 Å². The van der Waals surface area contributed by atoms with Crippen molar-refractivity contribution in [3.63, 3.8) is 0 Å². The molecule has 1 amide bonds. The quantitative estimate of drug-likeness (QED) is 0.385. The summed E-state index contributed by atoms with van der Waals surface area (Å²) in [5, 5.41) is 5.02. The van der Waals surface area contributed by atoms with Crippen LogP contribution >= 0.6 is 11.3 Å². The Morgan fingerprint density at radius 3 is 2.45 bits per heavy atom. The lowest BCUT2D eigenvalue weighted by Gasteiger charge is -2.09.